The molecule has 0 amide bonds. The second kappa shape index (κ2) is 5.00. The number of benzene rings is 1. The van der Waals surface area contributed by atoms with Crippen LogP contribution in [0.5, 0.6) is 0 Å². The number of hydrogen-bond donors (Lipinski definition) is 1. The van der Waals surface area contributed by atoms with E-state index in [9.17, 15) is 0 Å². The minimum absolute atomic E-state index is 0.269. The molecule has 0 aliphatic rings. The Morgan fingerprint density at radius 3 is 2.38 bits per heavy atom. The fraction of sp³-hybridized carbons (Fsp3) is 0.455. The highest BCUT2D eigenvalue weighted by atomic mass is 16.5. The third-order valence-corrected chi connectivity index (χ3v) is 1.91. The molecule has 0 bridgehead atoms. The monoisotopic (exact) mass is 179 g/mol. The molecule has 0 spiro atoms. The predicted molar refractivity (Wildman–Crippen MR) is 54.3 cm³/mol. The maximum Gasteiger partial charge on any atom is 0.0723 e. The van der Waals surface area contributed by atoms with Crippen molar-refractivity contribution >= 4 is 0 Å². The van der Waals surface area contributed by atoms with Gasteiger partial charge in [0, 0.05) is 6.54 Å². The average molecular weight is 179 g/mol. The Hall–Kier alpha value is -0.860. The van der Waals surface area contributed by atoms with Gasteiger partial charge < -0.3 is 10.5 Å². The van der Waals surface area contributed by atoms with Gasteiger partial charge in [0.1, 0.15) is 0 Å². The summed E-state index contributed by atoms with van der Waals surface area (Å²) in [6, 6.07) is 8.11. The van der Waals surface area contributed by atoms with Gasteiger partial charge in [0.15, 0.2) is 0 Å². The Balaban J connectivity index is 2.64. The van der Waals surface area contributed by atoms with E-state index >= 15 is 0 Å². The molecule has 2 heteroatoms. The van der Waals surface area contributed by atoms with Crippen LogP contribution in [0.15, 0.2) is 24.3 Å². The van der Waals surface area contributed by atoms with Gasteiger partial charge in [-0.25, -0.2) is 0 Å². The normalized spacial score (nSPS) is 10.8. The molecule has 2 N–H and O–H groups in total. The van der Waals surface area contributed by atoms with Gasteiger partial charge in [-0.1, -0.05) is 24.3 Å². The van der Waals surface area contributed by atoms with Crippen LogP contribution in [0.25, 0.3) is 0 Å². The molecule has 1 rings (SSSR count). The minimum atomic E-state index is 0.269. The first-order valence-corrected chi connectivity index (χ1v) is 4.62. The summed E-state index contributed by atoms with van der Waals surface area (Å²) < 4.78 is 5.51. The first-order chi connectivity index (χ1) is 6.24. The second-order valence-electron chi connectivity index (χ2n) is 3.33. The third-order valence-electron chi connectivity index (χ3n) is 1.91. The van der Waals surface area contributed by atoms with Gasteiger partial charge in [0.2, 0.25) is 0 Å². The van der Waals surface area contributed by atoms with Crippen molar-refractivity contribution in [3.8, 4) is 0 Å². The lowest BCUT2D eigenvalue weighted by molar-refractivity contribution is 0.0653. The van der Waals surface area contributed by atoms with Crippen molar-refractivity contribution in [2.45, 2.75) is 33.1 Å². The van der Waals surface area contributed by atoms with Gasteiger partial charge >= 0.3 is 0 Å². The van der Waals surface area contributed by atoms with Crippen LogP contribution in [-0.2, 0) is 17.9 Å². The Morgan fingerprint density at radius 1 is 1.23 bits per heavy atom. The highest BCUT2D eigenvalue weighted by Gasteiger charge is 2.00. The lowest BCUT2D eigenvalue weighted by atomic mass is 10.1. The van der Waals surface area contributed by atoms with E-state index in [0.717, 1.165) is 0 Å². The molecule has 0 radical (unpaired) electrons. The summed E-state index contributed by atoms with van der Waals surface area (Å²) in [5.41, 5.74) is 7.96. The van der Waals surface area contributed by atoms with Crippen LogP contribution in [0.4, 0.5) is 0 Å². The predicted octanol–water partition coefficient (Wildman–Crippen LogP) is 2.07. The summed E-state index contributed by atoms with van der Waals surface area (Å²) in [6.45, 7) is 5.30. The van der Waals surface area contributed by atoms with Crippen LogP contribution in [0, 0.1) is 0 Å². The van der Waals surface area contributed by atoms with Crippen molar-refractivity contribution in [1.82, 2.24) is 0 Å². The summed E-state index contributed by atoms with van der Waals surface area (Å²) >= 11 is 0. The molecule has 2 nitrogen and oxygen atoms in total. The molecule has 13 heavy (non-hydrogen) atoms. The van der Waals surface area contributed by atoms with E-state index < -0.39 is 0 Å². The maximum atomic E-state index is 5.60. The minimum Gasteiger partial charge on any atom is -0.374 e. The lowest BCUT2D eigenvalue weighted by Gasteiger charge is -2.10. The fourth-order valence-electron chi connectivity index (χ4n) is 1.15. The number of hydrogen-bond acceptors (Lipinski definition) is 2. The van der Waals surface area contributed by atoms with Crippen LogP contribution in [0.2, 0.25) is 0 Å². The lowest BCUT2D eigenvalue weighted by Crippen LogP contribution is -2.06. The number of nitrogens with two attached hydrogens (primary N) is 1. The molecule has 0 fully saturated rings. The Bertz CT molecular complexity index is 258. The molecule has 0 aliphatic heterocycles. The smallest absolute Gasteiger partial charge is 0.0723 e. The molecular formula is C11H17NO. The Morgan fingerprint density at radius 2 is 1.85 bits per heavy atom. The van der Waals surface area contributed by atoms with Gasteiger partial charge in [0.25, 0.3) is 0 Å². The molecule has 1 aromatic carbocycles. The summed E-state index contributed by atoms with van der Waals surface area (Å²) in [7, 11) is 0. The van der Waals surface area contributed by atoms with Gasteiger partial charge in [0.05, 0.1) is 12.7 Å². The van der Waals surface area contributed by atoms with E-state index in [4.69, 9.17) is 10.5 Å². The first kappa shape index (κ1) is 10.2. The van der Waals surface area contributed by atoms with Crippen molar-refractivity contribution in [3.05, 3.63) is 35.4 Å². The summed E-state index contributed by atoms with van der Waals surface area (Å²) in [5, 5.41) is 0. The van der Waals surface area contributed by atoms with Crippen LogP contribution in [0.1, 0.15) is 25.0 Å². The zero-order valence-electron chi connectivity index (χ0n) is 8.29. The largest absolute Gasteiger partial charge is 0.374 e. The van der Waals surface area contributed by atoms with Crippen LogP contribution >= 0.6 is 0 Å². The van der Waals surface area contributed by atoms with Gasteiger partial charge in [-0.2, -0.15) is 0 Å². The standard InChI is InChI=1S/C11H17NO/c1-9(2)13-8-11-6-4-3-5-10(11)7-12/h3-6,9H,7-8,12H2,1-2H3. The quantitative estimate of drug-likeness (QED) is 0.768. The molecule has 72 valence electrons. The summed E-state index contributed by atoms with van der Waals surface area (Å²) in [4.78, 5) is 0. The van der Waals surface area contributed by atoms with Crippen LogP contribution < -0.4 is 5.73 Å². The Labute approximate surface area is 79.7 Å². The zero-order valence-corrected chi connectivity index (χ0v) is 8.29. The molecule has 0 heterocycles. The molecule has 0 unspecified atom stereocenters. The Kier molecular flexibility index (Phi) is 3.93. The van der Waals surface area contributed by atoms with Crippen LogP contribution in [0.3, 0.4) is 0 Å². The third kappa shape index (κ3) is 3.17. The van der Waals surface area contributed by atoms with Crippen molar-refractivity contribution in [2.75, 3.05) is 0 Å². The van der Waals surface area contributed by atoms with E-state index in [1.54, 1.807) is 0 Å². The molecule has 1 aromatic rings. The van der Waals surface area contributed by atoms with E-state index in [-0.39, 0.29) is 6.10 Å². The van der Waals surface area contributed by atoms with E-state index in [2.05, 4.69) is 6.07 Å². The molecule has 0 atom stereocenters. The van der Waals surface area contributed by atoms with Crippen LogP contribution in [-0.4, -0.2) is 6.10 Å². The maximum absolute atomic E-state index is 5.60. The fourth-order valence-corrected chi connectivity index (χ4v) is 1.15. The molecular weight excluding hydrogens is 162 g/mol. The van der Waals surface area contributed by atoms with Gasteiger partial charge in [-0.15, -0.1) is 0 Å². The zero-order chi connectivity index (χ0) is 9.68. The highest BCUT2D eigenvalue weighted by molar-refractivity contribution is 5.26. The summed E-state index contributed by atoms with van der Waals surface area (Å²) in [5.74, 6) is 0. The molecule has 0 aliphatic carbocycles. The SMILES string of the molecule is CC(C)OCc1ccccc1CN. The van der Waals surface area contributed by atoms with Crippen molar-refractivity contribution < 1.29 is 4.74 Å². The van der Waals surface area contributed by atoms with Crippen molar-refractivity contribution in [2.24, 2.45) is 5.73 Å². The molecule has 0 saturated carbocycles. The van der Waals surface area contributed by atoms with E-state index in [1.165, 1.54) is 11.1 Å². The average Bonchev–Trinajstić information content (AvgIpc) is 2.15. The van der Waals surface area contributed by atoms with Gasteiger partial charge in [-0.3, -0.25) is 0 Å². The number of rotatable bonds is 4. The summed E-state index contributed by atoms with van der Waals surface area (Å²) in [6.07, 6.45) is 0.269. The topological polar surface area (TPSA) is 35.2 Å². The van der Waals surface area contributed by atoms with Crippen molar-refractivity contribution in [1.29, 1.82) is 0 Å². The molecule has 0 aromatic heterocycles. The molecule has 0 saturated heterocycles. The van der Waals surface area contributed by atoms with Gasteiger partial charge in [-0.05, 0) is 25.0 Å². The van der Waals surface area contributed by atoms with E-state index in [1.807, 2.05) is 32.0 Å². The van der Waals surface area contributed by atoms with Crippen molar-refractivity contribution in [3.63, 3.8) is 0 Å². The second-order valence-corrected chi connectivity index (χ2v) is 3.33. The first-order valence-electron chi connectivity index (χ1n) is 4.62. The number of ether oxygens (including phenoxy) is 1. The highest BCUT2D eigenvalue weighted by Crippen LogP contribution is 2.10. The van der Waals surface area contributed by atoms with E-state index in [0.29, 0.717) is 13.2 Å².